The molecule has 0 radical (unpaired) electrons. The van der Waals surface area contributed by atoms with Gasteiger partial charge in [0.1, 0.15) is 6.04 Å². The Kier molecular flexibility index (Phi) is 5.13. The number of carbonyl (C=O) groups excluding carboxylic acids is 1. The van der Waals surface area contributed by atoms with Gasteiger partial charge in [-0.2, -0.15) is 18.2 Å². The molecule has 1 amide bonds. The summed E-state index contributed by atoms with van der Waals surface area (Å²) in [5.74, 6) is -0.397. The van der Waals surface area contributed by atoms with Gasteiger partial charge < -0.3 is 9.84 Å². The Hall–Kier alpha value is -2.94. The van der Waals surface area contributed by atoms with Crippen LogP contribution >= 0.6 is 11.6 Å². The first-order valence-electron chi connectivity index (χ1n) is 7.67. The standard InChI is InChI=1S/C17H12ClF3N4O2/c1-9(16-24-14(25-27-16)10-4-6-22-7-5-10)23-15(26)12-8-11(17(19,20)21)2-3-13(12)18/h2-9H,1H3,(H,23,26)/t9-/m1/s1. The van der Waals surface area contributed by atoms with Gasteiger partial charge in [-0.1, -0.05) is 16.8 Å². The molecule has 140 valence electrons. The van der Waals surface area contributed by atoms with E-state index in [1.165, 1.54) is 0 Å². The zero-order chi connectivity index (χ0) is 19.6. The average Bonchev–Trinajstić information content (AvgIpc) is 3.12. The topological polar surface area (TPSA) is 80.9 Å². The lowest BCUT2D eigenvalue weighted by atomic mass is 10.1. The smallest absolute Gasteiger partial charge is 0.340 e. The van der Waals surface area contributed by atoms with E-state index < -0.39 is 23.7 Å². The minimum atomic E-state index is -4.59. The first kappa shape index (κ1) is 18.8. The van der Waals surface area contributed by atoms with Gasteiger partial charge in [-0.05, 0) is 37.3 Å². The summed E-state index contributed by atoms with van der Waals surface area (Å²) < 4.78 is 43.6. The van der Waals surface area contributed by atoms with Crippen molar-refractivity contribution in [1.29, 1.82) is 0 Å². The van der Waals surface area contributed by atoms with Gasteiger partial charge in [0.05, 0.1) is 16.1 Å². The molecule has 0 saturated carbocycles. The molecule has 0 aliphatic carbocycles. The molecule has 10 heteroatoms. The maximum absolute atomic E-state index is 12.8. The number of hydrogen-bond donors (Lipinski definition) is 1. The number of amides is 1. The number of hydrogen-bond acceptors (Lipinski definition) is 5. The summed E-state index contributed by atoms with van der Waals surface area (Å²) >= 11 is 5.87. The molecule has 2 heterocycles. The van der Waals surface area contributed by atoms with Gasteiger partial charge in [-0.15, -0.1) is 0 Å². The number of halogens is 4. The van der Waals surface area contributed by atoms with E-state index in [9.17, 15) is 18.0 Å². The molecular formula is C17H12ClF3N4O2. The summed E-state index contributed by atoms with van der Waals surface area (Å²) in [7, 11) is 0. The summed E-state index contributed by atoms with van der Waals surface area (Å²) in [6.07, 6.45) is -1.46. The maximum Gasteiger partial charge on any atom is 0.416 e. The molecule has 1 N–H and O–H groups in total. The van der Waals surface area contributed by atoms with Crippen LogP contribution < -0.4 is 5.32 Å². The van der Waals surface area contributed by atoms with Crippen molar-refractivity contribution >= 4 is 17.5 Å². The molecule has 6 nitrogen and oxygen atoms in total. The summed E-state index contributed by atoms with van der Waals surface area (Å²) in [6, 6.07) is 5.15. The minimum absolute atomic E-state index is 0.0956. The van der Waals surface area contributed by atoms with Gasteiger partial charge in [0.25, 0.3) is 5.91 Å². The molecule has 1 aromatic carbocycles. The third-order valence-corrected chi connectivity index (χ3v) is 3.97. The van der Waals surface area contributed by atoms with Crippen molar-refractivity contribution in [2.24, 2.45) is 0 Å². The number of rotatable bonds is 4. The number of alkyl halides is 3. The van der Waals surface area contributed by atoms with Gasteiger partial charge in [0.2, 0.25) is 11.7 Å². The average molecular weight is 397 g/mol. The second-order valence-corrected chi connectivity index (χ2v) is 5.99. The Bertz CT molecular complexity index is 960. The summed E-state index contributed by atoms with van der Waals surface area (Å²) in [6.45, 7) is 1.56. The molecule has 1 atom stereocenters. The van der Waals surface area contributed by atoms with E-state index in [1.807, 2.05) is 0 Å². The van der Waals surface area contributed by atoms with E-state index in [1.54, 1.807) is 31.5 Å². The molecule has 0 spiro atoms. The van der Waals surface area contributed by atoms with Crippen LogP contribution in [0.1, 0.15) is 34.8 Å². The van der Waals surface area contributed by atoms with E-state index >= 15 is 0 Å². The Balaban J connectivity index is 1.78. The van der Waals surface area contributed by atoms with Crippen molar-refractivity contribution in [3.63, 3.8) is 0 Å². The summed E-state index contributed by atoms with van der Waals surface area (Å²) in [5.41, 5.74) is -0.603. The highest BCUT2D eigenvalue weighted by Gasteiger charge is 2.32. The molecule has 0 bridgehead atoms. The van der Waals surface area contributed by atoms with Crippen molar-refractivity contribution in [1.82, 2.24) is 20.4 Å². The van der Waals surface area contributed by atoms with Crippen LogP contribution in [0.4, 0.5) is 13.2 Å². The van der Waals surface area contributed by atoms with Crippen molar-refractivity contribution in [3.8, 4) is 11.4 Å². The number of carbonyl (C=O) groups is 1. The lowest BCUT2D eigenvalue weighted by Gasteiger charge is -2.13. The van der Waals surface area contributed by atoms with Crippen molar-refractivity contribution < 1.29 is 22.5 Å². The first-order valence-corrected chi connectivity index (χ1v) is 8.05. The largest absolute Gasteiger partial charge is 0.416 e. The third-order valence-electron chi connectivity index (χ3n) is 3.64. The molecule has 27 heavy (non-hydrogen) atoms. The molecule has 0 fully saturated rings. The molecule has 0 unspecified atom stereocenters. The van der Waals surface area contributed by atoms with Crippen LogP contribution in [0.15, 0.2) is 47.2 Å². The van der Waals surface area contributed by atoms with Gasteiger partial charge in [-0.25, -0.2) is 0 Å². The molecule has 0 aliphatic heterocycles. The fraction of sp³-hybridized carbons (Fsp3) is 0.176. The lowest BCUT2D eigenvalue weighted by molar-refractivity contribution is -0.137. The fourth-order valence-electron chi connectivity index (χ4n) is 2.24. The van der Waals surface area contributed by atoms with Crippen LogP contribution in [0.2, 0.25) is 5.02 Å². The van der Waals surface area contributed by atoms with E-state index in [0.717, 1.165) is 12.1 Å². The number of pyridine rings is 1. The molecular weight excluding hydrogens is 385 g/mol. The van der Waals surface area contributed by atoms with E-state index in [4.69, 9.17) is 16.1 Å². The normalized spacial score (nSPS) is 12.6. The van der Waals surface area contributed by atoms with E-state index in [2.05, 4.69) is 20.4 Å². The Morgan fingerprint density at radius 2 is 1.93 bits per heavy atom. The van der Waals surface area contributed by atoms with E-state index in [-0.39, 0.29) is 16.5 Å². The first-order chi connectivity index (χ1) is 12.8. The van der Waals surface area contributed by atoms with Crippen LogP contribution in [0.3, 0.4) is 0 Å². The fourth-order valence-corrected chi connectivity index (χ4v) is 2.44. The zero-order valence-corrected chi connectivity index (χ0v) is 14.5. The summed E-state index contributed by atoms with van der Waals surface area (Å²) in [4.78, 5) is 20.4. The van der Waals surface area contributed by atoms with Crippen LogP contribution in [-0.2, 0) is 6.18 Å². The SMILES string of the molecule is C[C@@H](NC(=O)c1cc(C(F)(F)F)ccc1Cl)c1nc(-c2ccncc2)no1. The van der Waals surface area contributed by atoms with Crippen molar-refractivity contribution in [2.45, 2.75) is 19.1 Å². The van der Waals surface area contributed by atoms with Gasteiger partial charge in [0.15, 0.2) is 0 Å². The van der Waals surface area contributed by atoms with Gasteiger partial charge >= 0.3 is 6.18 Å². The van der Waals surface area contributed by atoms with Crippen LogP contribution in [0.5, 0.6) is 0 Å². The second-order valence-electron chi connectivity index (χ2n) is 5.58. The molecule has 0 aliphatic rings. The monoisotopic (exact) mass is 396 g/mol. The van der Waals surface area contributed by atoms with E-state index in [0.29, 0.717) is 17.5 Å². The lowest BCUT2D eigenvalue weighted by Crippen LogP contribution is -2.27. The number of aromatic nitrogens is 3. The number of nitrogens with zero attached hydrogens (tertiary/aromatic N) is 3. The quantitative estimate of drug-likeness (QED) is 0.711. The van der Waals surface area contributed by atoms with Crippen molar-refractivity contribution in [3.05, 3.63) is 64.8 Å². The van der Waals surface area contributed by atoms with Crippen LogP contribution in [-0.4, -0.2) is 21.0 Å². The maximum atomic E-state index is 12.8. The van der Waals surface area contributed by atoms with Crippen LogP contribution in [0.25, 0.3) is 11.4 Å². The van der Waals surface area contributed by atoms with Crippen LogP contribution in [0, 0.1) is 0 Å². The number of benzene rings is 1. The summed E-state index contributed by atoms with van der Waals surface area (Å²) in [5, 5.41) is 6.21. The third kappa shape index (κ3) is 4.25. The van der Waals surface area contributed by atoms with Gasteiger partial charge in [0, 0.05) is 18.0 Å². The molecule has 3 aromatic rings. The highest BCUT2D eigenvalue weighted by molar-refractivity contribution is 6.33. The molecule has 2 aromatic heterocycles. The second kappa shape index (κ2) is 7.36. The van der Waals surface area contributed by atoms with Gasteiger partial charge in [-0.3, -0.25) is 9.78 Å². The Morgan fingerprint density at radius 3 is 2.59 bits per heavy atom. The minimum Gasteiger partial charge on any atom is -0.340 e. The predicted octanol–water partition coefficient (Wildman–Crippen LogP) is 4.29. The predicted molar refractivity (Wildman–Crippen MR) is 89.9 cm³/mol. The Labute approximate surface area is 156 Å². The highest BCUT2D eigenvalue weighted by atomic mass is 35.5. The zero-order valence-electron chi connectivity index (χ0n) is 13.8. The molecule has 0 saturated heterocycles. The number of nitrogens with one attached hydrogen (secondary N) is 1. The van der Waals surface area contributed by atoms with Crippen molar-refractivity contribution in [2.75, 3.05) is 0 Å². The molecule has 3 rings (SSSR count). The Morgan fingerprint density at radius 1 is 1.22 bits per heavy atom. The highest BCUT2D eigenvalue weighted by Crippen LogP contribution is 2.32.